The van der Waals surface area contributed by atoms with Crippen LogP contribution < -0.4 is 25.0 Å². The molecule has 3 aromatic carbocycles. The van der Waals surface area contributed by atoms with Crippen LogP contribution in [0.4, 0.5) is 5.69 Å². The molecule has 0 saturated heterocycles. The molecule has 0 bridgehead atoms. The van der Waals surface area contributed by atoms with Gasteiger partial charge in [0.1, 0.15) is 5.75 Å². The molecule has 0 unspecified atom stereocenters. The first-order valence-corrected chi connectivity index (χ1v) is 9.79. The van der Waals surface area contributed by atoms with Crippen LogP contribution in [-0.2, 0) is 9.59 Å². The Morgan fingerprint density at radius 3 is 2.19 bits per heavy atom. The van der Waals surface area contributed by atoms with E-state index in [2.05, 4.69) is 15.8 Å². The highest BCUT2D eigenvalue weighted by Gasteiger charge is 2.06. The van der Waals surface area contributed by atoms with Crippen molar-refractivity contribution in [3.63, 3.8) is 0 Å². The molecule has 0 saturated carbocycles. The number of hydrazone groups is 1. The van der Waals surface area contributed by atoms with Gasteiger partial charge < -0.3 is 19.5 Å². The molecule has 164 valence electrons. The number of nitrogens with zero attached hydrogens (tertiary/aromatic N) is 1. The number of nitrogens with one attached hydrogen (secondary N) is 2. The largest absolute Gasteiger partial charge is 0.493 e. The third kappa shape index (κ3) is 7.17. The topological polar surface area (TPSA) is 98.2 Å². The van der Waals surface area contributed by atoms with Crippen molar-refractivity contribution < 1.29 is 23.8 Å². The van der Waals surface area contributed by atoms with Gasteiger partial charge in [-0.15, -0.1) is 0 Å². The molecule has 3 rings (SSSR count). The molecule has 8 heteroatoms. The monoisotopic (exact) mass is 433 g/mol. The van der Waals surface area contributed by atoms with Crippen LogP contribution in [0.1, 0.15) is 5.56 Å². The number of hydrogen-bond acceptors (Lipinski definition) is 6. The van der Waals surface area contributed by atoms with Crippen molar-refractivity contribution in [2.75, 3.05) is 25.6 Å². The average Bonchev–Trinajstić information content (AvgIpc) is 2.83. The van der Waals surface area contributed by atoms with Crippen LogP contribution in [0.25, 0.3) is 0 Å². The second-order valence-electron chi connectivity index (χ2n) is 6.50. The van der Waals surface area contributed by atoms with Gasteiger partial charge in [-0.3, -0.25) is 9.59 Å². The lowest BCUT2D eigenvalue weighted by Crippen LogP contribution is -2.24. The van der Waals surface area contributed by atoms with Gasteiger partial charge in [-0.05, 0) is 54.1 Å². The highest BCUT2D eigenvalue weighted by Crippen LogP contribution is 2.25. The number of rotatable bonds is 10. The maximum Gasteiger partial charge on any atom is 0.277 e. The molecule has 32 heavy (non-hydrogen) atoms. The Morgan fingerprint density at radius 2 is 1.47 bits per heavy atom. The van der Waals surface area contributed by atoms with E-state index in [1.165, 1.54) is 13.3 Å². The highest BCUT2D eigenvalue weighted by atomic mass is 16.5. The third-order valence-electron chi connectivity index (χ3n) is 4.14. The number of methoxy groups -OCH3 is 1. The predicted molar refractivity (Wildman–Crippen MR) is 121 cm³/mol. The summed E-state index contributed by atoms with van der Waals surface area (Å²) in [5.74, 6) is 0.905. The second-order valence-corrected chi connectivity index (χ2v) is 6.50. The van der Waals surface area contributed by atoms with Crippen LogP contribution in [0.3, 0.4) is 0 Å². The normalized spacial score (nSPS) is 10.4. The van der Waals surface area contributed by atoms with Gasteiger partial charge >= 0.3 is 0 Å². The molecule has 0 aliphatic rings. The summed E-state index contributed by atoms with van der Waals surface area (Å²) in [4.78, 5) is 23.8. The molecule has 3 aromatic rings. The molecule has 0 spiro atoms. The standard InChI is InChI=1S/C24H23N3O5/c1-30-21-9-5-6-10-22(21)32-17-24(29)27-25-15-18-11-13-20(14-12-18)31-16-23(28)26-19-7-3-2-4-8-19/h2-15H,16-17H2,1H3,(H,26,28)(H,27,29)/b25-15-. The maximum absolute atomic E-state index is 11.9. The number of para-hydroxylation sites is 3. The first kappa shape index (κ1) is 22.4. The summed E-state index contributed by atoms with van der Waals surface area (Å²) in [6.07, 6.45) is 1.49. The summed E-state index contributed by atoms with van der Waals surface area (Å²) in [6.45, 7) is -0.305. The predicted octanol–water partition coefficient (Wildman–Crippen LogP) is 3.24. The fraction of sp³-hybridized carbons (Fsp3) is 0.125. The van der Waals surface area contributed by atoms with Gasteiger partial charge in [-0.25, -0.2) is 5.43 Å². The van der Waals surface area contributed by atoms with Gasteiger partial charge in [0.15, 0.2) is 24.7 Å². The summed E-state index contributed by atoms with van der Waals surface area (Å²) in [6, 6.07) is 23.1. The number of anilines is 1. The van der Waals surface area contributed by atoms with E-state index >= 15 is 0 Å². The lowest BCUT2D eigenvalue weighted by atomic mass is 10.2. The van der Waals surface area contributed by atoms with Gasteiger partial charge in [0.25, 0.3) is 11.8 Å². The van der Waals surface area contributed by atoms with Gasteiger partial charge in [0.2, 0.25) is 0 Å². The van der Waals surface area contributed by atoms with E-state index in [-0.39, 0.29) is 19.1 Å². The Labute approximate surface area is 185 Å². The summed E-state index contributed by atoms with van der Waals surface area (Å²) < 4.78 is 16.1. The Bertz CT molecular complexity index is 1050. The van der Waals surface area contributed by atoms with E-state index < -0.39 is 5.91 Å². The second kappa shape index (κ2) is 11.8. The van der Waals surface area contributed by atoms with Gasteiger partial charge in [0, 0.05) is 5.69 Å². The number of hydrogen-bond donors (Lipinski definition) is 2. The molecule has 0 aromatic heterocycles. The van der Waals surface area contributed by atoms with Gasteiger partial charge in [0.05, 0.1) is 13.3 Å². The van der Waals surface area contributed by atoms with E-state index in [0.29, 0.717) is 22.9 Å². The molecule has 8 nitrogen and oxygen atoms in total. The van der Waals surface area contributed by atoms with Gasteiger partial charge in [-0.1, -0.05) is 30.3 Å². The van der Waals surface area contributed by atoms with Crippen molar-refractivity contribution in [3.8, 4) is 17.2 Å². The number of carbonyl (C=O) groups excluding carboxylic acids is 2. The van der Waals surface area contributed by atoms with Crippen LogP contribution >= 0.6 is 0 Å². The maximum atomic E-state index is 11.9. The van der Waals surface area contributed by atoms with E-state index in [1.54, 1.807) is 54.6 Å². The van der Waals surface area contributed by atoms with Crippen molar-refractivity contribution in [1.29, 1.82) is 0 Å². The van der Waals surface area contributed by atoms with Crippen LogP contribution in [0, 0.1) is 0 Å². The summed E-state index contributed by atoms with van der Waals surface area (Å²) in [7, 11) is 1.53. The molecule has 0 aliphatic heterocycles. The Balaban J connectivity index is 1.40. The van der Waals surface area contributed by atoms with Crippen molar-refractivity contribution in [2.45, 2.75) is 0 Å². The van der Waals surface area contributed by atoms with Crippen LogP contribution in [0.2, 0.25) is 0 Å². The molecule has 2 amide bonds. The molecule has 0 atom stereocenters. The first-order chi connectivity index (χ1) is 15.6. The number of amides is 2. The molecular formula is C24H23N3O5. The van der Waals surface area contributed by atoms with Crippen LogP contribution in [-0.4, -0.2) is 38.4 Å². The number of ether oxygens (including phenoxy) is 3. The Kier molecular flexibility index (Phi) is 8.21. The number of benzene rings is 3. The minimum atomic E-state index is -0.406. The van der Waals surface area contributed by atoms with Crippen molar-refractivity contribution in [3.05, 3.63) is 84.4 Å². The molecule has 0 aliphatic carbocycles. The minimum absolute atomic E-state index is 0.107. The zero-order valence-corrected chi connectivity index (χ0v) is 17.5. The molecule has 2 N–H and O–H groups in total. The Hall–Kier alpha value is -4.33. The van der Waals surface area contributed by atoms with Crippen LogP contribution in [0.5, 0.6) is 17.2 Å². The lowest BCUT2D eigenvalue weighted by molar-refractivity contribution is -0.123. The van der Waals surface area contributed by atoms with Crippen molar-refractivity contribution >= 4 is 23.7 Å². The van der Waals surface area contributed by atoms with Crippen molar-refractivity contribution in [1.82, 2.24) is 5.43 Å². The van der Waals surface area contributed by atoms with Crippen LogP contribution in [0.15, 0.2) is 84.0 Å². The molecule has 0 heterocycles. The SMILES string of the molecule is COc1ccccc1OCC(=O)N/N=C\c1ccc(OCC(=O)Nc2ccccc2)cc1. The molecular weight excluding hydrogens is 410 g/mol. The highest BCUT2D eigenvalue weighted by molar-refractivity contribution is 5.91. The van der Waals surface area contributed by atoms with E-state index in [0.717, 1.165) is 5.56 Å². The fourth-order valence-corrected chi connectivity index (χ4v) is 2.61. The lowest BCUT2D eigenvalue weighted by Gasteiger charge is -2.09. The van der Waals surface area contributed by atoms with Gasteiger partial charge in [-0.2, -0.15) is 5.10 Å². The summed E-state index contributed by atoms with van der Waals surface area (Å²) in [5.41, 5.74) is 3.86. The summed E-state index contributed by atoms with van der Waals surface area (Å²) >= 11 is 0. The van der Waals surface area contributed by atoms with Crippen molar-refractivity contribution in [2.24, 2.45) is 5.10 Å². The smallest absolute Gasteiger partial charge is 0.277 e. The third-order valence-corrected chi connectivity index (χ3v) is 4.14. The zero-order valence-electron chi connectivity index (χ0n) is 17.5. The van der Waals surface area contributed by atoms with E-state index in [9.17, 15) is 9.59 Å². The fourth-order valence-electron chi connectivity index (χ4n) is 2.61. The number of carbonyl (C=O) groups is 2. The summed E-state index contributed by atoms with van der Waals surface area (Å²) in [5, 5.41) is 6.65. The average molecular weight is 433 g/mol. The first-order valence-electron chi connectivity index (χ1n) is 9.79. The van der Waals surface area contributed by atoms with E-state index in [1.807, 2.05) is 24.3 Å². The molecule has 0 radical (unpaired) electrons. The zero-order chi connectivity index (χ0) is 22.6. The van der Waals surface area contributed by atoms with E-state index in [4.69, 9.17) is 14.2 Å². The minimum Gasteiger partial charge on any atom is -0.493 e. The Morgan fingerprint density at radius 1 is 0.812 bits per heavy atom. The molecule has 0 fully saturated rings. The quantitative estimate of drug-likeness (QED) is 0.378.